The fraction of sp³-hybridized carbons (Fsp3) is 0. The van der Waals surface area contributed by atoms with Crippen LogP contribution in [-0.2, 0) is 0 Å². The summed E-state index contributed by atoms with van der Waals surface area (Å²) in [5.41, 5.74) is 6.78. The van der Waals surface area contributed by atoms with Crippen LogP contribution in [0, 0.1) is 0 Å². The molecule has 2 rings (SSSR count). The van der Waals surface area contributed by atoms with Gasteiger partial charge in [0.15, 0.2) is 5.11 Å². The van der Waals surface area contributed by atoms with Crippen LogP contribution >= 0.6 is 35.4 Å². The largest absolute Gasteiger partial charge is 0.366 e. The molecule has 4 nitrogen and oxygen atoms in total. The fourth-order valence-electron chi connectivity index (χ4n) is 1.67. The molecule has 1 amide bonds. The number of hydrogen-bond donors (Lipinski definition) is 3. The maximum absolute atomic E-state index is 11.3. The van der Waals surface area contributed by atoms with Gasteiger partial charge in [-0.25, -0.2) is 0 Å². The van der Waals surface area contributed by atoms with E-state index in [9.17, 15) is 4.79 Å². The fourth-order valence-corrected chi connectivity index (χ4v) is 2.35. The Morgan fingerprint density at radius 1 is 1.05 bits per heavy atom. The summed E-state index contributed by atoms with van der Waals surface area (Å²) in [5.74, 6) is -0.537. The number of anilines is 2. The smallest absolute Gasteiger partial charge is 0.250 e. The van der Waals surface area contributed by atoms with Crippen LogP contribution in [0.25, 0.3) is 0 Å². The average Bonchev–Trinajstić information content (AvgIpc) is 2.42. The molecule has 0 aromatic heterocycles. The van der Waals surface area contributed by atoms with Gasteiger partial charge in [-0.15, -0.1) is 0 Å². The van der Waals surface area contributed by atoms with Crippen LogP contribution in [0.4, 0.5) is 11.4 Å². The van der Waals surface area contributed by atoms with E-state index in [0.29, 0.717) is 27.0 Å². The summed E-state index contributed by atoms with van der Waals surface area (Å²) in [6.07, 6.45) is 0. The zero-order valence-electron chi connectivity index (χ0n) is 10.7. The number of rotatable bonds is 3. The van der Waals surface area contributed by atoms with Gasteiger partial charge in [-0.1, -0.05) is 35.3 Å². The van der Waals surface area contributed by atoms with Crippen molar-refractivity contribution in [1.82, 2.24) is 0 Å². The Morgan fingerprint density at radius 3 is 2.38 bits per heavy atom. The molecule has 0 saturated carbocycles. The molecule has 4 N–H and O–H groups in total. The number of para-hydroxylation sites is 1. The first-order valence-electron chi connectivity index (χ1n) is 5.89. The molecule has 0 unspecified atom stereocenters. The van der Waals surface area contributed by atoms with E-state index in [1.165, 1.54) is 0 Å². The summed E-state index contributed by atoms with van der Waals surface area (Å²) in [6.45, 7) is 0. The minimum Gasteiger partial charge on any atom is -0.366 e. The molecule has 2 aromatic carbocycles. The summed E-state index contributed by atoms with van der Waals surface area (Å²) in [4.78, 5) is 11.3. The molecule has 0 radical (unpaired) electrons. The van der Waals surface area contributed by atoms with E-state index >= 15 is 0 Å². The van der Waals surface area contributed by atoms with Crippen molar-refractivity contribution >= 4 is 57.8 Å². The second-order valence-corrected chi connectivity index (χ2v) is 5.37. The Morgan fingerprint density at radius 2 is 1.71 bits per heavy atom. The number of carbonyl (C=O) groups is 1. The standard InChI is InChI=1S/C14H11Cl2N3OS/c15-8-5-6-12(10(16)7-8)19-14(21)18-11-4-2-1-3-9(11)13(17)20/h1-7H,(H2,17,20)(H2,18,19,21). The first-order chi connectivity index (χ1) is 9.97. The summed E-state index contributed by atoms with van der Waals surface area (Å²) in [5, 5.41) is 7.10. The quantitative estimate of drug-likeness (QED) is 0.742. The van der Waals surface area contributed by atoms with Crippen LogP contribution < -0.4 is 16.4 Å². The number of nitrogens with one attached hydrogen (secondary N) is 2. The monoisotopic (exact) mass is 339 g/mol. The number of primary amides is 1. The number of amides is 1. The van der Waals surface area contributed by atoms with Crippen molar-refractivity contribution < 1.29 is 4.79 Å². The zero-order valence-corrected chi connectivity index (χ0v) is 13.0. The van der Waals surface area contributed by atoms with Crippen molar-refractivity contribution in [3.05, 3.63) is 58.1 Å². The molecule has 0 fully saturated rings. The highest BCUT2D eigenvalue weighted by molar-refractivity contribution is 7.80. The van der Waals surface area contributed by atoms with Gasteiger partial charge < -0.3 is 16.4 Å². The first kappa shape index (κ1) is 15.6. The van der Waals surface area contributed by atoms with E-state index in [0.717, 1.165) is 0 Å². The molecule has 2 aromatic rings. The van der Waals surface area contributed by atoms with E-state index < -0.39 is 5.91 Å². The lowest BCUT2D eigenvalue weighted by atomic mass is 10.1. The number of carbonyl (C=O) groups excluding carboxylic acids is 1. The topological polar surface area (TPSA) is 67.2 Å². The highest BCUT2D eigenvalue weighted by atomic mass is 35.5. The number of benzene rings is 2. The highest BCUT2D eigenvalue weighted by Gasteiger charge is 2.09. The van der Waals surface area contributed by atoms with E-state index in [4.69, 9.17) is 41.2 Å². The first-order valence-corrected chi connectivity index (χ1v) is 7.05. The van der Waals surface area contributed by atoms with Gasteiger partial charge in [0, 0.05) is 5.02 Å². The highest BCUT2D eigenvalue weighted by Crippen LogP contribution is 2.25. The van der Waals surface area contributed by atoms with Gasteiger partial charge in [0.25, 0.3) is 5.91 Å². The SMILES string of the molecule is NC(=O)c1ccccc1NC(=S)Nc1ccc(Cl)cc1Cl. The molecule has 0 spiro atoms. The van der Waals surface area contributed by atoms with Crippen molar-refractivity contribution in [1.29, 1.82) is 0 Å². The van der Waals surface area contributed by atoms with Crippen LogP contribution in [0.2, 0.25) is 10.0 Å². The Kier molecular flexibility index (Phi) is 5.01. The van der Waals surface area contributed by atoms with Gasteiger partial charge in [0.05, 0.1) is 22.0 Å². The third kappa shape index (κ3) is 4.07. The molecular formula is C14H11Cl2N3OS. The number of nitrogens with two attached hydrogens (primary N) is 1. The summed E-state index contributed by atoms with van der Waals surface area (Å²) >= 11 is 17.1. The number of thiocarbonyl (C=S) groups is 1. The maximum Gasteiger partial charge on any atom is 0.250 e. The van der Waals surface area contributed by atoms with Crippen LogP contribution in [0.5, 0.6) is 0 Å². The van der Waals surface area contributed by atoms with Crippen molar-refractivity contribution in [2.24, 2.45) is 5.73 Å². The average molecular weight is 340 g/mol. The van der Waals surface area contributed by atoms with Gasteiger partial charge in [-0.05, 0) is 42.5 Å². The lowest BCUT2D eigenvalue weighted by Crippen LogP contribution is -2.22. The number of halogens is 2. The molecular weight excluding hydrogens is 329 g/mol. The number of hydrogen-bond acceptors (Lipinski definition) is 2. The molecule has 0 aliphatic rings. The third-order valence-electron chi connectivity index (χ3n) is 2.62. The molecule has 0 heterocycles. The lowest BCUT2D eigenvalue weighted by Gasteiger charge is -2.13. The Labute approximate surface area is 137 Å². The van der Waals surface area contributed by atoms with Crippen LogP contribution in [-0.4, -0.2) is 11.0 Å². The molecule has 0 atom stereocenters. The van der Waals surface area contributed by atoms with Gasteiger partial charge >= 0.3 is 0 Å². The van der Waals surface area contributed by atoms with Crippen LogP contribution in [0.3, 0.4) is 0 Å². The molecule has 0 aliphatic carbocycles. The molecule has 0 aliphatic heterocycles. The molecule has 0 saturated heterocycles. The second kappa shape index (κ2) is 6.76. The Hall–Kier alpha value is -1.82. The van der Waals surface area contributed by atoms with Gasteiger partial charge in [-0.2, -0.15) is 0 Å². The van der Waals surface area contributed by atoms with Gasteiger partial charge in [0.2, 0.25) is 0 Å². The molecule has 7 heteroatoms. The van der Waals surface area contributed by atoms with Crippen LogP contribution in [0.1, 0.15) is 10.4 Å². The maximum atomic E-state index is 11.3. The minimum atomic E-state index is -0.537. The van der Waals surface area contributed by atoms with Crippen molar-refractivity contribution in [3.63, 3.8) is 0 Å². The van der Waals surface area contributed by atoms with Crippen molar-refractivity contribution in [2.45, 2.75) is 0 Å². The van der Waals surface area contributed by atoms with Gasteiger partial charge in [0.1, 0.15) is 0 Å². The summed E-state index contributed by atoms with van der Waals surface area (Å²) in [6, 6.07) is 11.8. The van der Waals surface area contributed by atoms with Crippen molar-refractivity contribution in [2.75, 3.05) is 10.6 Å². The van der Waals surface area contributed by atoms with Crippen LogP contribution in [0.15, 0.2) is 42.5 Å². The summed E-state index contributed by atoms with van der Waals surface area (Å²) in [7, 11) is 0. The molecule has 21 heavy (non-hydrogen) atoms. The molecule has 108 valence electrons. The summed E-state index contributed by atoms with van der Waals surface area (Å²) < 4.78 is 0. The Bertz CT molecular complexity index is 706. The van der Waals surface area contributed by atoms with Crippen molar-refractivity contribution in [3.8, 4) is 0 Å². The lowest BCUT2D eigenvalue weighted by molar-refractivity contribution is 0.100. The van der Waals surface area contributed by atoms with E-state index in [-0.39, 0.29) is 5.11 Å². The minimum absolute atomic E-state index is 0.285. The van der Waals surface area contributed by atoms with Gasteiger partial charge in [-0.3, -0.25) is 4.79 Å². The third-order valence-corrected chi connectivity index (χ3v) is 3.37. The predicted octanol–water partition coefficient (Wildman–Crippen LogP) is 3.90. The second-order valence-electron chi connectivity index (χ2n) is 4.11. The molecule has 0 bridgehead atoms. The van der Waals surface area contributed by atoms with E-state index in [1.807, 2.05) is 0 Å². The zero-order chi connectivity index (χ0) is 15.4. The normalized spacial score (nSPS) is 10.0. The Balaban J connectivity index is 2.14. The van der Waals surface area contributed by atoms with E-state index in [2.05, 4.69) is 10.6 Å². The van der Waals surface area contributed by atoms with E-state index in [1.54, 1.807) is 42.5 Å². The predicted molar refractivity (Wildman–Crippen MR) is 91.3 cm³/mol.